The number of carbonyl (C=O) groups is 1. The number of nitrogens with zero attached hydrogens (tertiary/aromatic N) is 3. The standard InChI is InChI=1S/C14H24N4O3/c1-4-11-8-18(6-7-20-11)12(5-2)14(19)16-10(3)13-15-9-21-17-13/h9-12H,4-8H2,1-3H3,(H,16,19)/t10-,11-,12+/m1/s1. The van der Waals surface area contributed by atoms with Gasteiger partial charge in [0.1, 0.15) is 0 Å². The molecule has 21 heavy (non-hydrogen) atoms. The van der Waals surface area contributed by atoms with Crippen molar-refractivity contribution < 1.29 is 14.1 Å². The van der Waals surface area contributed by atoms with Gasteiger partial charge in [0, 0.05) is 13.1 Å². The van der Waals surface area contributed by atoms with Crippen LogP contribution >= 0.6 is 0 Å². The van der Waals surface area contributed by atoms with E-state index in [1.54, 1.807) is 0 Å². The van der Waals surface area contributed by atoms with E-state index in [2.05, 4.69) is 27.3 Å². The largest absolute Gasteiger partial charge is 0.376 e. The fourth-order valence-electron chi connectivity index (χ4n) is 2.63. The Kier molecular flexibility index (Phi) is 5.69. The van der Waals surface area contributed by atoms with Gasteiger partial charge in [0.15, 0.2) is 5.82 Å². The molecule has 0 saturated carbocycles. The van der Waals surface area contributed by atoms with Gasteiger partial charge < -0.3 is 14.6 Å². The molecule has 3 atom stereocenters. The topological polar surface area (TPSA) is 80.5 Å². The molecule has 1 amide bonds. The number of morpholine rings is 1. The minimum Gasteiger partial charge on any atom is -0.376 e. The van der Waals surface area contributed by atoms with Crippen molar-refractivity contribution in [2.24, 2.45) is 0 Å². The Labute approximate surface area is 125 Å². The molecule has 1 fully saturated rings. The lowest BCUT2D eigenvalue weighted by Gasteiger charge is -2.37. The number of rotatable bonds is 6. The third kappa shape index (κ3) is 4.01. The second kappa shape index (κ2) is 7.51. The molecule has 0 aliphatic carbocycles. The number of ether oxygens (including phenoxy) is 1. The lowest BCUT2D eigenvalue weighted by atomic mass is 10.1. The van der Waals surface area contributed by atoms with Crippen molar-refractivity contribution in [3.63, 3.8) is 0 Å². The molecule has 0 radical (unpaired) electrons. The lowest BCUT2D eigenvalue weighted by molar-refractivity contribution is -0.131. The maximum Gasteiger partial charge on any atom is 0.237 e. The Morgan fingerprint density at radius 3 is 3.00 bits per heavy atom. The zero-order chi connectivity index (χ0) is 15.2. The molecule has 0 bridgehead atoms. The summed E-state index contributed by atoms with van der Waals surface area (Å²) in [5.41, 5.74) is 0. The summed E-state index contributed by atoms with van der Waals surface area (Å²) in [6, 6.07) is -0.398. The second-order valence-electron chi connectivity index (χ2n) is 5.34. The highest BCUT2D eigenvalue weighted by molar-refractivity contribution is 5.82. The van der Waals surface area contributed by atoms with E-state index in [0.29, 0.717) is 12.4 Å². The van der Waals surface area contributed by atoms with Crippen LogP contribution in [-0.4, -0.2) is 52.8 Å². The van der Waals surface area contributed by atoms with Gasteiger partial charge in [-0.2, -0.15) is 4.98 Å². The van der Waals surface area contributed by atoms with E-state index in [9.17, 15) is 4.79 Å². The van der Waals surface area contributed by atoms with Crippen LogP contribution in [0, 0.1) is 0 Å². The quantitative estimate of drug-likeness (QED) is 0.848. The number of carbonyl (C=O) groups excluding carboxylic acids is 1. The number of aromatic nitrogens is 2. The highest BCUT2D eigenvalue weighted by Gasteiger charge is 2.30. The van der Waals surface area contributed by atoms with Crippen LogP contribution in [0.4, 0.5) is 0 Å². The van der Waals surface area contributed by atoms with E-state index in [-0.39, 0.29) is 24.1 Å². The molecule has 7 nitrogen and oxygen atoms in total. The van der Waals surface area contributed by atoms with E-state index in [1.807, 2.05) is 13.8 Å². The maximum atomic E-state index is 12.5. The van der Waals surface area contributed by atoms with Crippen LogP contribution in [0.15, 0.2) is 10.9 Å². The first-order valence-corrected chi connectivity index (χ1v) is 7.58. The minimum absolute atomic E-state index is 0.00607. The van der Waals surface area contributed by atoms with Crippen LogP contribution in [-0.2, 0) is 9.53 Å². The van der Waals surface area contributed by atoms with Crippen molar-refractivity contribution >= 4 is 5.91 Å². The van der Waals surface area contributed by atoms with E-state index >= 15 is 0 Å². The molecule has 1 aliphatic rings. The van der Waals surface area contributed by atoms with Gasteiger partial charge in [0.05, 0.1) is 24.8 Å². The van der Waals surface area contributed by atoms with Crippen molar-refractivity contribution in [1.82, 2.24) is 20.4 Å². The second-order valence-corrected chi connectivity index (χ2v) is 5.34. The Balaban J connectivity index is 1.94. The van der Waals surface area contributed by atoms with E-state index < -0.39 is 0 Å². The minimum atomic E-state index is -0.256. The summed E-state index contributed by atoms with van der Waals surface area (Å²) in [6.07, 6.45) is 3.22. The van der Waals surface area contributed by atoms with Gasteiger partial charge in [0.25, 0.3) is 0 Å². The molecule has 2 rings (SSSR count). The Bertz CT molecular complexity index is 437. The predicted octanol–water partition coefficient (Wildman–Crippen LogP) is 1.14. The summed E-state index contributed by atoms with van der Waals surface area (Å²) in [7, 11) is 0. The van der Waals surface area contributed by atoms with Gasteiger partial charge >= 0.3 is 0 Å². The zero-order valence-corrected chi connectivity index (χ0v) is 12.9. The Morgan fingerprint density at radius 2 is 2.38 bits per heavy atom. The van der Waals surface area contributed by atoms with Crippen molar-refractivity contribution in [2.45, 2.75) is 51.8 Å². The summed E-state index contributed by atoms with van der Waals surface area (Å²) in [5.74, 6) is 0.498. The van der Waals surface area contributed by atoms with Crippen molar-refractivity contribution in [1.29, 1.82) is 0 Å². The predicted molar refractivity (Wildman–Crippen MR) is 76.5 cm³/mol. The smallest absolute Gasteiger partial charge is 0.237 e. The number of hydrogen-bond acceptors (Lipinski definition) is 6. The van der Waals surface area contributed by atoms with Crippen molar-refractivity contribution in [3.8, 4) is 0 Å². The molecule has 0 unspecified atom stereocenters. The molecular formula is C14H24N4O3. The molecular weight excluding hydrogens is 272 g/mol. The van der Waals surface area contributed by atoms with Gasteiger partial charge in [-0.3, -0.25) is 9.69 Å². The van der Waals surface area contributed by atoms with Gasteiger partial charge in [-0.1, -0.05) is 19.0 Å². The van der Waals surface area contributed by atoms with Crippen LogP contribution in [0.5, 0.6) is 0 Å². The molecule has 1 aliphatic heterocycles. The number of hydrogen-bond donors (Lipinski definition) is 1. The molecule has 1 aromatic rings. The Hall–Kier alpha value is -1.47. The first kappa shape index (κ1) is 15.9. The average molecular weight is 296 g/mol. The highest BCUT2D eigenvalue weighted by Crippen LogP contribution is 2.15. The summed E-state index contributed by atoms with van der Waals surface area (Å²) in [5, 5.41) is 6.71. The monoisotopic (exact) mass is 296 g/mol. The molecule has 0 spiro atoms. The van der Waals surface area contributed by atoms with Crippen LogP contribution in [0.1, 0.15) is 45.5 Å². The van der Waals surface area contributed by atoms with Crippen molar-refractivity contribution in [2.75, 3.05) is 19.7 Å². The summed E-state index contributed by atoms with van der Waals surface area (Å²) in [6.45, 7) is 8.26. The van der Waals surface area contributed by atoms with Gasteiger partial charge in [-0.15, -0.1) is 0 Å². The van der Waals surface area contributed by atoms with Gasteiger partial charge in [0.2, 0.25) is 12.3 Å². The number of amides is 1. The lowest BCUT2D eigenvalue weighted by Crippen LogP contribution is -2.53. The van der Waals surface area contributed by atoms with Gasteiger partial charge in [-0.25, -0.2) is 0 Å². The number of nitrogens with one attached hydrogen (secondary N) is 1. The van der Waals surface area contributed by atoms with Crippen LogP contribution in [0.2, 0.25) is 0 Å². The van der Waals surface area contributed by atoms with E-state index in [4.69, 9.17) is 9.26 Å². The average Bonchev–Trinajstić information content (AvgIpc) is 3.02. The zero-order valence-electron chi connectivity index (χ0n) is 12.9. The van der Waals surface area contributed by atoms with E-state index in [0.717, 1.165) is 25.9 Å². The summed E-state index contributed by atoms with van der Waals surface area (Å²) >= 11 is 0. The maximum absolute atomic E-state index is 12.5. The molecule has 1 saturated heterocycles. The SMILES string of the molecule is CC[C@@H]1CN([C@@H](CC)C(=O)N[C@H](C)c2ncon2)CCO1. The molecule has 2 heterocycles. The molecule has 7 heteroatoms. The third-order valence-corrected chi connectivity index (χ3v) is 3.88. The Morgan fingerprint density at radius 1 is 1.57 bits per heavy atom. The highest BCUT2D eigenvalue weighted by atomic mass is 16.5. The fraction of sp³-hybridized carbons (Fsp3) is 0.786. The molecule has 0 aromatic carbocycles. The normalized spacial score (nSPS) is 22.7. The molecule has 1 aromatic heterocycles. The third-order valence-electron chi connectivity index (χ3n) is 3.88. The van der Waals surface area contributed by atoms with Crippen LogP contribution in [0.25, 0.3) is 0 Å². The van der Waals surface area contributed by atoms with E-state index in [1.165, 1.54) is 6.39 Å². The van der Waals surface area contributed by atoms with Crippen LogP contribution < -0.4 is 5.32 Å². The van der Waals surface area contributed by atoms with Crippen molar-refractivity contribution in [3.05, 3.63) is 12.2 Å². The first-order chi connectivity index (χ1) is 10.2. The van der Waals surface area contributed by atoms with Crippen LogP contribution in [0.3, 0.4) is 0 Å². The van der Waals surface area contributed by atoms with Gasteiger partial charge in [-0.05, 0) is 19.8 Å². The first-order valence-electron chi connectivity index (χ1n) is 7.58. The summed E-state index contributed by atoms with van der Waals surface area (Å²) < 4.78 is 10.4. The fourth-order valence-corrected chi connectivity index (χ4v) is 2.63. The summed E-state index contributed by atoms with van der Waals surface area (Å²) in [4.78, 5) is 18.7. The molecule has 1 N–H and O–H groups in total. The molecule has 118 valence electrons.